The number of carbonyl (C=O) groups is 1. The van der Waals surface area contributed by atoms with Crippen LogP contribution >= 0.6 is 11.6 Å². The molecule has 27 heavy (non-hydrogen) atoms. The van der Waals surface area contributed by atoms with Crippen molar-refractivity contribution in [2.45, 2.75) is 6.61 Å². The summed E-state index contributed by atoms with van der Waals surface area (Å²) in [5.74, 6) is 0.311. The summed E-state index contributed by atoms with van der Waals surface area (Å²) in [5.41, 5.74) is 1.45. The van der Waals surface area contributed by atoms with E-state index in [1.165, 1.54) is 19.3 Å². The van der Waals surface area contributed by atoms with Gasteiger partial charge in [-0.2, -0.15) is 5.26 Å². The highest BCUT2D eigenvalue weighted by molar-refractivity contribution is 6.30. The number of nitriles is 1. The second-order valence-corrected chi connectivity index (χ2v) is 5.82. The number of nitrogens with zero attached hydrogens (tertiary/aromatic N) is 1. The molecule has 0 radical (unpaired) electrons. The van der Waals surface area contributed by atoms with Crippen LogP contribution in [0, 0.1) is 11.3 Å². The average molecular weight is 384 g/mol. The van der Waals surface area contributed by atoms with Crippen LogP contribution in [0.4, 0.5) is 0 Å². The highest BCUT2D eigenvalue weighted by Gasteiger charge is 2.11. The lowest BCUT2D eigenvalue weighted by Gasteiger charge is -2.11. The van der Waals surface area contributed by atoms with Crippen molar-refractivity contribution < 1.29 is 19.0 Å². The van der Waals surface area contributed by atoms with Gasteiger partial charge in [-0.05, 0) is 41.5 Å². The first kappa shape index (κ1) is 20.1. The van der Waals surface area contributed by atoms with E-state index in [1.807, 2.05) is 18.2 Å². The lowest BCUT2D eigenvalue weighted by Crippen LogP contribution is -2.06. The Morgan fingerprint density at radius 1 is 1.22 bits per heavy atom. The summed E-state index contributed by atoms with van der Waals surface area (Å²) in [6.45, 7) is 3.85. The van der Waals surface area contributed by atoms with Gasteiger partial charge in [-0.15, -0.1) is 0 Å². The average Bonchev–Trinajstić information content (AvgIpc) is 2.70. The van der Waals surface area contributed by atoms with Gasteiger partial charge < -0.3 is 14.2 Å². The number of ether oxygens (including phenoxy) is 3. The summed E-state index contributed by atoms with van der Waals surface area (Å²) in [7, 11) is 1.52. The minimum atomic E-state index is -0.709. The summed E-state index contributed by atoms with van der Waals surface area (Å²) in [6, 6.07) is 14.3. The van der Waals surface area contributed by atoms with E-state index < -0.39 is 5.97 Å². The number of benzene rings is 2. The molecular weight excluding hydrogens is 366 g/mol. The van der Waals surface area contributed by atoms with Crippen molar-refractivity contribution in [2.75, 3.05) is 13.7 Å². The topological polar surface area (TPSA) is 68.6 Å². The van der Waals surface area contributed by atoms with Gasteiger partial charge in [0.2, 0.25) is 0 Å². The van der Waals surface area contributed by atoms with E-state index in [-0.39, 0.29) is 12.2 Å². The van der Waals surface area contributed by atoms with E-state index in [4.69, 9.17) is 31.1 Å². The maximum atomic E-state index is 11.8. The maximum Gasteiger partial charge on any atom is 0.349 e. The first-order valence-corrected chi connectivity index (χ1v) is 8.40. The van der Waals surface area contributed by atoms with Crippen LogP contribution < -0.4 is 9.47 Å². The Morgan fingerprint density at radius 3 is 2.59 bits per heavy atom. The molecule has 0 spiro atoms. The molecule has 0 heterocycles. The van der Waals surface area contributed by atoms with Gasteiger partial charge in [0.25, 0.3) is 0 Å². The molecule has 0 atom stereocenters. The summed E-state index contributed by atoms with van der Waals surface area (Å²) < 4.78 is 16.0. The van der Waals surface area contributed by atoms with Crippen LogP contribution in [0.1, 0.15) is 11.1 Å². The largest absolute Gasteiger partial charge is 0.493 e. The van der Waals surface area contributed by atoms with Crippen LogP contribution in [0.5, 0.6) is 11.5 Å². The number of methoxy groups -OCH3 is 1. The van der Waals surface area contributed by atoms with E-state index in [2.05, 4.69) is 6.58 Å². The highest BCUT2D eigenvalue weighted by Crippen LogP contribution is 2.30. The summed E-state index contributed by atoms with van der Waals surface area (Å²) in [5, 5.41) is 9.82. The molecule has 5 nitrogen and oxygen atoms in total. The molecule has 6 heteroatoms. The summed E-state index contributed by atoms with van der Waals surface area (Å²) >= 11 is 5.87. The number of hydrogen-bond donors (Lipinski definition) is 0. The standard InChI is InChI=1S/C21H18ClNO4/c1-3-10-26-21(24)17(13-23)11-16-6-9-19(20(12-16)25-2)27-14-15-4-7-18(22)8-5-15/h3-9,11-12H,1,10,14H2,2H3/b17-11-. The Morgan fingerprint density at radius 2 is 1.96 bits per heavy atom. The first-order chi connectivity index (χ1) is 13.1. The normalized spacial score (nSPS) is 10.6. The van der Waals surface area contributed by atoms with Gasteiger partial charge in [0.1, 0.15) is 24.9 Å². The van der Waals surface area contributed by atoms with E-state index in [0.717, 1.165) is 5.56 Å². The molecule has 0 bridgehead atoms. The van der Waals surface area contributed by atoms with Crippen molar-refractivity contribution in [1.82, 2.24) is 0 Å². The number of esters is 1. The Kier molecular flexibility index (Phi) is 7.48. The van der Waals surface area contributed by atoms with Crippen molar-refractivity contribution in [3.8, 4) is 17.6 Å². The fraction of sp³-hybridized carbons (Fsp3) is 0.143. The minimum Gasteiger partial charge on any atom is -0.493 e. The van der Waals surface area contributed by atoms with Gasteiger partial charge in [-0.1, -0.05) is 42.5 Å². The zero-order valence-corrected chi connectivity index (χ0v) is 15.5. The number of rotatable bonds is 8. The molecule has 0 N–H and O–H groups in total. The Hall–Kier alpha value is -3.23. The van der Waals surface area contributed by atoms with Crippen molar-refractivity contribution in [1.29, 1.82) is 5.26 Å². The molecular formula is C21H18ClNO4. The monoisotopic (exact) mass is 383 g/mol. The predicted molar refractivity (Wildman–Crippen MR) is 104 cm³/mol. The van der Waals surface area contributed by atoms with Gasteiger partial charge in [0, 0.05) is 5.02 Å². The molecule has 0 aromatic heterocycles. The molecule has 0 saturated carbocycles. The number of hydrogen-bond acceptors (Lipinski definition) is 5. The Bertz CT molecular complexity index is 882. The van der Waals surface area contributed by atoms with Gasteiger partial charge in [0.15, 0.2) is 11.5 Å². The maximum absolute atomic E-state index is 11.8. The lowest BCUT2D eigenvalue weighted by atomic mass is 10.1. The first-order valence-electron chi connectivity index (χ1n) is 8.02. The smallest absolute Gasteiger partial charge is 0.349 e. The van der Waals surface area contributed by atoms with E-state index in [0.29, 0.717) is 28.7 Å². The molecule has 0 aliphatic carbocycles. The number of halogens is 1. The van der Waals surface area contributed by atoms with Crippen molar-refractivity contribution >= 4 is 23.6 Å². The highest BCUT2D eigenvalue weighted by atomic mass is 35.5. The predicted octanol–water partition coefficient (Wildman–Crippen LogP) is 4.56. The second-order valence-electron chi connectivity index (χ2n) is 5.38. The van der Waals surface area contributed by atoms with E-state index in [9.17, 15) is 4.79 Å². The fourth-order valence-electron chi connectivity index (χ4n) is 2.15. The Labute approximate surface area is 163 Å². The second kappa shape index (κ2) is 10.0. The van der Waals surface area contributed by atoms with Crippen LogP contribution in [0.25, 0.3) is 6.08 Å². The van der Waals surface area contributed by atoms with Crippen molar-refractivity contribution in [3.63, 3.8) is 0 Å². The molecule has 0 aliphatic heterocycles. The molecule has 138 valence electrons. The van der Waals surface area contributed by atoms with Crippen molar-refractivity contribution in [2.24, 2.45) is 0 Å². The van der Waals surface area contributed by atoms with Gasteiger partial charge in [-0.25, -0.2) is 4.79 Å². The molecule has 0 aliphatic rings. The lowest BCUT2D eigenvalue weighted by molar-refractivity contribution is -0.137. The minimum absolute atomic E-state index is 0.0403. The Balaban J connectivity index is 2.15. The quantitative estimate of drug-likeness (QED) is 0.289. The molecule has 0 amide bonds. The molecule has 0 unspecified atom stereocenters. The SMILES string of the molecule is C=CCOC(=O)/C(C#N)=C\c1ccc(OCc2ccc(Cl)cc2)c(OC)c1. The summed E-state index contributed by atoms with van der Waals surface area (Å²) in [6.07, 6.45) is 2.86. The molecule has 2 aromatic carbocycles. The van der Waals surface area contributed by atoms with E-state index in [1.54, 1.807) is 30.3 Å². The van der Waals surface area contributed by atoms with Crippen LogP contribution in [0.3, 0.4) is 0 Å². The zero-order valence-electron chi connectivity index (χ0n) is 14.8. The zero-order chi connectivity index (χ0) is 19.6. The van der Waals surface area contributed by atoms with Crippen LogP contribution in [0.15, 0.2) is 60.7 Å². The number of carbonyl (C=O) groups excluding carboxylic acids is 1. The third-order valence-corrected chi connectivity index (χ3v) is 3.73. The molecule has 2 rings (SSSR count). The van der Waals surface area contributed by atoms with Crippen LogP contribution in [0.2, 0.25) is 5.02 Å². The third-order valence-electron chi connectivity index (χ3n) is 3.48. The van der Waals surface area contributed by atoms with Gasteiger partial charge in [-0.3, -0.25) is 0 Å². The molecule has 0 saturated heterocycles. The third kappa shape index (κ3) is 5.91. The fourth-order valence-corrected chi connectivity index (χ4v) is 2.28. The van der Waals surface area contributed by atoms with Crippen molar-refractivity contribution in [3.05, 3.63) is 76.8 Å². The van der Waals surface area contributed by atoms with E-state index >= 15 is 0 Å². The summed E-state index contributed by atoms with van der Waals surface area (Å²) in [4.78, 5) is 11.8. The van der Waals surface area contributed by atoms with Crippen LogP contribution in [-0.2, 0) is 16.1 Å². The van der Waals surface area contributed by atoms with Gasteiger partial charge >= 0.3 is 5.97 Å². The molecule has 0 fully saturated rings. The van der Waals surface area contributed by atoms with Crippen LogP contribution in [-0.4, -0.2) is 19.7 Å². The molecule has 2 aromatic rings. The van der Waals surface area contributed by atoms with Gasteiger partial charge in [0.05, 0.1) is 7.11 Å².